The van der Waals surface area contributed by atoms with E-state index in [1.807, 2.05) is 0 Å². The number of nitrogens with zero attached hydrogens (tertiary/aromatic N) is 1. The Hall–Kier alpha value is -1.42. The van der Waals surface area contributed by atoms with E-state index in [0.29, 0.717) is 24.3 Å². The highest BCUT2D eigenvalue weighted by molar-refractivity contribution is 5.76. The molecule has 1 heterocycles. The van der Waals surface area contributed by atoms with Crippen LogP contribution in [0.25, 0.3) is 0 Å². The molecule has 4 heteroatoms. The minimum absolute atomic E-state index is 0.267. The van der Waals surface area contributed by atoms with Crippen molar-refractivity contribution in [2.45, 2.75) is 25.5 Å². The number of carbonyl (C=O) groups is 1. The van der Waals surface area contributed by atoms with E-state index in [1.165, 1.54) is 0 Å². The molecule has 0 aliphatic heterocycles. The van der Waals surface area contributed by atoms with E-state index in [0.717, 1.165) is 18.4 Å². The van der Waals surface area contributed by atoms with Crippen molar-refractivity contribution < 1.29 is 9.53 Å². The number of aromatic nitrogens is 1. The number of nitrogens with two attached hydrogens (primary N) is 1. The van der Waals surface area contributed by atoms with Crippen molar-refractivity contribution in [3.05, 3.63) is 23.5 Å². The second kappa shape index (κ2) is 3.75. The van der Waals surface area contributed by atoms with E-state index in [9.17, 15) is 4.79 Å². The Balaban J connectivity index is 2.26. The first-order valence-electron chi connectivity index (χ1n) is 4.64. The summed E-state index contributed by atoms with van der Waals surface area (Å²) < 4.78 is 5.54. The molecule has 2 rings (SSSR count). The molecule has 1 aliphatic carbocycles. The third kappa shape index (κ3) is 1.90. The Bertz CT molecular complexity index is 348. The van der Waals surface area contributed by atoms with Gasteiger partial charge in [-0.1, -0.05) is 0 Å². The standard InChI is InChI=1S/C10H12N2O2/c11-4-7-3-10(14-8-1-2-8)9(6-13)12-5-7/h3,5-6,8H,1-2,4,11H2. The lowest BCUT2D eigenvalue weighted by Gasteiger charge is -2.07. The fraction of sp³-hybridized carbons (Fsp3) is 0.400. The van der Waals surface area contributed by atoms with Crippen LogP contribution in [0.3, 0.4) is 0 Å². The lowest BCUT2D eigenvalue weighted by molar-refractivity contribution is 0.111. The predicted octanol–water partition coefficient (Wildman–Crippen LogP) is 0.894. The van der Waals surface area contributed by atoms with Gasteiger partial charge < -0.3 is 10.5 Å². The normalized spacial score (nSPS) is 15.2. The number of carbonyl (C=O) groups excluding carboxylic acids is 1. The van der Waals surface area contributed by atoms with E-state index >= 15 is 0 Å². The lowest BCUT2D eigenvalue weighted by Crippen LogP contribution is -2.04. The molecular weight excluding hydrogens is 180 g/mol. The van der Waals surface area contributed by atoms with Crippen molar-refractivity contribution in [3.63, 3.8) is 0 Å². The molecule has 1 saturated carbocycles. The molecule has 1 aromatic rings. The van der Waals surface area contributed by atoms with Crippen molar-refractivity contribution in [3.8, 4) is 5.75 Å². The van der Waals surface area contributed by atoms with E-state index < -0.39 is 0 Å². The number of ether oxygens (including phenoxy) is 1. The molecule has 1 aromatic heterocycles. The predicted molar refractivity (Wildman–Crippen MR) is 51.2 cm³/mol. The summed E-state index contributed by atoms with van der Waals surface area (Å²) in [6.45, 7) is 0.410. The molecule has 0 saturated heterocycles. The van der Waals surface area contributed by atoms with Gasteiger partial charge in [0.15, 0.2) is 6.29 Å². The summed E-state index contributed by atoms with van der Waals surface area (Å²) in [7, 11) is 0. The van der Waals surface area contributed by atoms with E-state index in [4.69, 9.17) is 10.5 Å². The number of pyridine rings is 1. The van der Waals surface area contributed by atoms with Crippen LogP contribution in [0.4, 0.5) is 0 Å². The van der Waals surface area contributed by atoms with Crippen LogP contribution in [0.15, 0.2) is 12.3 Å². The second-order valence-electron chi connectivity index (χ2n) is 3.37. The summed E-state index contributed by atoms with van der Waals surface area (Å²) in [6.07, 6.45) is 4.70. The summed E-state index contributed by atoms with van der Waals surface area (Å²) in [5.74, 6) is 0.561. The maximum absolute atomic E-state index is 10.7. The Kier molecular flexibility index (Phi) is 2.45. The van der Waals surface area contributed by atoms with Crippen LogP contribution < -0.4 is 10.5 Å². The highest BCUT2D eigenvalue weighted by Crippen LogP contribution is 2.28. The van der Waals surface area contributed by atoms with Crippen LogP contribution in [-0.4, -0.2) is 17.4 Å². The maximum atomic E-state index is 10.7. The third-order valence-electron chi connectivity index (χ3n) is 2.10. The molecular formula is C10H12N2O2. The van der Waals surface area contributed by atoms with Gasteiger partial charge in [0.1, 0.15) is 11.4 Å². The van der Waals surface area contributed by atoms with Gasteiger partial charge in [0.25, 0.3) is 0 Å². The van der Waals surface area contributed by atoms with Crippen molar-refractivity contribution in [2.75, 3.05) is 0 Å². The number of aldehydes is 1. The molecule has 4 nitrogen and oxygen atoms in total. The summed E-state index contributed by atoms with van der Waals surface area (Å²) in [5.41, 5.74) is 6.71. The zero-order valence-corrected chi connectivity index (χ0v) is 7.77. The topological polar surface area (TPSA) is 65.2 Å². The first-order valence-corrected chi connectivity index (χ1v) is 4.64. The lowest BCUT2D eigenvalue weighted by atomic mass is 10.2. The van der Waals surface area contributed by atoms with Crippen molar-refractivity contribution in [2.24, 2.45) is 5.73 Å². The number of rotatable bonds is 4. The molecule has 0 spiro atoms. The van der Waals surface area contributed by atoms with Crippen molar-refractivity contribution in [1.29, 1.82) is 0 Å². The number of hydrogen-bond donors (Lipinski definition) is 1. The zero-order valence-electron chi connectivity index (χ0n) is 7.77. The molecule has 1 aliphatic rings. The summed E-state index contributed by atoms with van der Waals surface area (Å²) >= 11 is 0. The summed E-state index contributed by atoms with van der Waals surface area (Å²) in [6, 6.07) is 1.79. The monoisotopic (exact) mass is 192 g/mol. The van der Waals surface area contributed by atoms with Gasteiger partial charge in [-0.3, -0.25) is 4.79 Å². The van der Waals surface area contributed by atoms with Crippen LogP contribution in [-0.2, 0) is 6.54 Å². The molecule has 0 bridgehead atoms. The molecule has 0 atom stereocenters. The molecule has 0 unspecified atom stereocenters. The average molecular weight is 192 g/mol. The third-order valence-corrected chi connectivity index (χ3v) is 2.10. The SMILES string of the molecule is NCc1cnc(C=O)c(OC2CC2)c1. The fourth-order valence-electron chi connectivity index (χ4n) is 1.16. The van der Waals surface area contributed by atoms with Gasteiger partial charge >= 0.3 is 0 Å². The van der Waals surface area contributed by atoms with Gasteiger partial charge in [0.2, 0.25) is 0 Å². The van der Waals surface area contributed by atoms with Crippen LogP contribution in [0.2, 0.25) is 0 Å². The highest BCUT2D eigenvalue weighted by atomic mass is 16.5. The number of hydrogen-bond acceptors (Lipinski definition) is 4. The van der Waals surface area contributed by atoms with Crippen LogP contribution >= 0.6 is 0 Å². The van der Waals surface area contributed by atoms with Crippen LogP contribution in [0.1, 0.15) is 28.9 Å². The zero-order chi connectivity index (χ0) is 9.97. The largest absolute Gasteiger partial charge is 0.488 e. The first kappa shape index (κ1) is 9.15. The van der Waals surface area contributed by atoms with E-state index in [2.05, 4.69) is 4.98 Å². The van der Waals surface area contributed by atoms with Gasteiger partial charge in [0, 0.05) is 12.7 Å². The summed E-state index contributed by atoms with van der Waals surface area (Å²) in [5, 5.41) is 0. The Morgan fingerprint density at radius 1 is 1.64 bits per heavy atom. The quantitative estimate of drug-likeness (QED) is 0.719. The van der Waals surface area contributed by atoms with Gasteiger partial charge in [-0.05, 0) is 24.5 Å². The van der Waals surface area contributed by atoms with E-state index in [-0.39, 0.29) is 6.10 Å². The minimum Gasteiger partial charge on any atom is -0.488 e. The Morgan fingerprint density at radius 2 is 2.43 bits per heavy atom. The molecule has 74 valence electrons. The Labute approximate surface area is 82.1 Å². The molecule has 14 heavy (non-hydrogen) atoms. The van der Waals surface area contributed by atoms with Gasteiger partial charge in [-0.2, -0.15) is 0 Å². The second-order valence-corrected chi connectivity index (χ2v) is 3.37. The van der Waals surface area contributed by atoms with Crippen LogP contribution in [0.5, 0.6) is 5.75 Å². The van der Waals surface area contributed by atoms with Gasteiger partial charge in [0.05, 0.1) is 6.10 Å². The summed E-state index contributed by atoms with van der Waals surface area (Å²) in [4.78, 5) is 14.6. The smallest absolute Gasteiger partial charge is 0.172 e. The molecule has 0 radical (unpaired) electrons. The van der Waals surface area contributed by atoms with Crippen molar-refractivity contribution in [1.82, 2.24) is 4.98 Å². The molecule has 0 aromatic carbocycles. The van der Waals surface area contributed by atoms with Crippen molar-refractivity contribution >= 4 is 6.29 Å². The van der Waals surface area contributed by atoms with E-state index in [1.54, 1.807) is 12.3 Å². The maximum Gasteiger partial charge on any atom is 0.172 e. The molecule has 2 N–H and O–H groups in total. The average Bonchev–Trinajstić information content (AvgIpc) is 3.01. The molecule has 1 fully saturated rings. The van der Waals surface area contributed by atoms with Gasteiger partial charge in [-0.25, -0.2) is 4.98 Å². The van der Waals surface area contributed by atoms with Crippen LogP contribution in [0, 0.1) is 0 Å². The highest BCUT2D eigenvalue weighted by Gasteiger charge is 2.24. The van der Waals surface area contributed by atoms with Gasteiger partial charge in [-0.15, -0.1) is 0 Å². The first-order chi connectivity index (χ1) is 6.83. The fourth-order valence-corrected chi connectivity index (χ4v) is 1.16. The minimum atomic E-state index is 0.267. The Morgan fingerprint density at radius 3 is 3.00 bits per heavy atom. The molecule has 0 amide bonds.